The Morgan fingerprint density at radius 3 is 2.42 bits per heavy atom. The van der Waals surface area contributed by atoms with E-state index in [1.54, 1.807) is 24.3 Å². The number of carbonyl (C=O) groups is 1. The summed E-state index contributed by atoms with van der Waals surface area (Å²) < 4.78 is 42.7. The van der Waals surface area contributed by atoms with Gasteiger partial charge in [-0.3, -0.25) is 4.79 Å². The van der Waals surface area contributed by atoms with Crippen LogP contribution in [0.25, 0.3) is 5.82 Å². The molecule has 0 atom stereocenters. The highest BCUT2D eigenvalue weighted by Gasteiger charge is 2.30. The van der Waals surface area contributed by atoms with E-state index in [1.807, 2.05) is 0 Å². The number of halogens is 3. The van der Waals surface area contributed by atoms with E-state index in [0.29, 0.717) is 23.2 Å². The van der Waals surface area contributed by atoms with Gasteiger partial charge in [-0.25, -0.2) is 4.98 Å². The summed E-state index contributed by atoms with van der Waals surface area (Å²) in [5.41, 5.74) is 0.0174. The van der Waals surface area contributed by atoms with Gasteiger partial charge in [-0.1, -0.05) is 0 Å². The maximum absolute atomic E-state index is 12.6. The highest BCUT2D eigenvalue weighted by atomic mass is 19.4. The minimum absolute atomic E-state index is 0.00691. The van der Waals surface area contributed by atoms with Crippen molar-refractivity contribution in [1.82, 2.24) is 20.0 Å². The van der Waals surface area contributed by atoms with Crippen LogP contribution in [0.3, 0.4) is 0 Å². The third-order valence-corrected chi connectivity index (χ3v) is 3.57. The van der Waals surface area contributed by atoms with Crippen molar-refractivity contribution in [3.8, 4) is 11.6 Å². The van der Waals surface area contributed by atoms with Crippen molar-refractivity contribution >= 4 is 5.78 Å². The number of ketones is 1. The number of nitrogens with zero attached hydrogens (tertiary/aromatic N) is 4. The van der Waals surface area contributed by atoms with Gasteiger partial charge in [0.05, 0.1) is 31.0 Å². The lowest BCUT2D eigenvalue weighted by atomic mass is 10.1. The molecule has 0 radical (unpaired) electrons. The van der Waals surface area contributed by atoms with E-state index in [0.717, 1.165) is 16.9 Å². The lowest BCUT2D eigenvalue weighted by Gasteiger charge is -2.06. The highest BCUT2D eigenvalue weighted by Crippen LogP contribution is 2.28. The van der Waals surface area contributed by atoms with Crippen LogP contribution in [0.2, 0.25) is 0 Å². The molecular formula is C17H13F3N4O2. The van der Waals surface area contributed by atoms with Gasteiger partial charge in [-0.2, -0.15) is 23.4 Å². The summed E-state index contributed by atoms with van der Waals surface area (Å²) in [6.07, 6.45) is -2.37. The fourth-order valence-corrected chi connectivity index (χ4v) is 2.20. The highest BCUT2D eigenvalue weighted by molar-refractivity contribution is 5.97. The van der Waals surface area contributed by atoms with E-state index < -0.39 is 11.7 Å². The van der Waals surface area contributed by atoms with Crippen LogP contribution in [-0.2, 0) is 12.6 Å². The maximum Gasteiger partial charge on any atom is 0.417 e. The van der Waals surface area contributed by atoms with Crippen molar-refractivity contribution < 1.29 is 22.7 Å². The zero-order chi connectivity index (χ0) is 18.7. The SMILES string of the molecule is COc1ccc(C(=O)Cc2cnn(-c3ccc(C(F)(F)F)cn3)n2)cc1. The summed E-state index contributed by atoms with van der Waals surface area (Å²) >= 11 is 0. The van der Waals surface area contributed by atoms with Crippen LogP contribution in [0.1, 0.15) is 21.6 Å². The molecule has 0 amide bonds. The first-order valence-corrected chi connectivity index (χ1v) is 7.49. The van der Waals surface area contributed by atoms with E-state index in [2.05, 4.69) is 15.2 Å². The second-order valence-corrected chi connectivity index (χ2v) is 5.36. The number of rotatable bonds is 5. The minimum Gasteiger partial charge on any atom is -0.497 e. The molecule has 0 bridgehead atoms. The number of Topliss-reactive ketones (excluding diaryl/α,β-unsaturated/α-hetero) is 1. The molecule has 26 heavy (non-hydrogen) atoms. The number of benzene rings is 1. The zero-order valence-electron chi connectivity index (χ0n) is 13.6. The number of alkyl halides is 3. The average Bonchev–Trinajstić information content (AvgIpc) is 3.09. The fraction of sp³-hybridized carbons (Fsp3) is 0.176. The largest absolute Gasteiger partial charge is 0.497 e. The topological polar surface area (TPSA) is 69.9 Å². The normalized spacial score (nSPS) is 11.4. The van der Waals surface area contributed by atoms with Crippen LogP contribution in [0.4, 0.5) is 13.2 Å². The molecule has 0 aliphatic carbocycles. The molecule has 0 saturated heterocycles. The number of hydrogen-bond acceptors (Lipinski definition) is 5. The second kappa shape index (κ2) is 6.95. The van der Waals surface area contributed by atoms with Crippen LogP contribution in [-0.4, -0.2) is 32.9 Å². The van der Waals surface area contributed by atoms with Crippen molar-refractivity contribution in [2.24, 2.45) is 0 Å². The van der Waals surface area contributed by atoms with Gasteiger partial charge in [0.1, 0.15) is 5.75 Å². The minimum atomic E-state index is -4.46. The van der Waals surface area contributed by atoms with Gasteiger partial charge in [-0.05, 0) is 36.4 Å². The third kappa shape index (κ3) is 3.88. The molecule has 134 valence electrons. The van der Waals surface area contributed by atoms with Gasteiger partial charge in [0.15, 0.2) is 11.6 Å². The first kappa shape index (κ1) is 17.6. The zero-order valence-corrected chi connectivity index (χ0v) is 13.6. The van der Waals surface area contributed by atoms with Crippen molar-refractivity contribution in [2.45, 2.75) is 12.6 Å². The van der Waals surface area contributed by atoms with E-state index in [-0.39, 0.29) is 18.0 Å². The Morgan fingerprint density at radius 2 is 1.85 bits per heavy atom. The molecule has 3 rings (SSSR count). The summed E-state index contributed by atoms with van der Waals surface area (Å²) in [4.78, 5) is 17.0. The number of hydrogen-bond donors (Lipinski definition) is 0. The molecule has 2 heterocycles. The summed E-state index contributed by atoms with van der Waals surface area (Å²) in [5.74, 6) is 0.599. The Morgan fingerprint density at radius 1 is 1.12 bits per heavy atom. The fourth-order valence-electron chi connectivity index (χ4n) is 2.20. The number of carbonyl (C=O) groups excluding carboxylic acids is 1. The molecule has 1 aromatic carbocycles. The van der Waals surface area contributed by atoms with Gasteiger partial charge < -0.3 is 4.74 Å². The lowest BCUT2D eigenvalue weighted by Crippen LogP contribution is -2.08. The summed E-state index contributed by atoms with van der Waals surface area (Å²) in [6.45, 7) is 0. The molecule has 2 aromatic heterocycles. The molecule has 9 heteroatoms. The Balaban J connectivity index is 1.72. The van der Waals surface area contributed by atoms with Gasteiger partial charge in [-0.15, -0.1) is 4.80 Å². The van der Waals surface area contributed by atoms with Gasteiger partial charge in [0.25, 0.3) is 0 Å². The van der Waals surface area contributed by atoms with Crippen LogP contribution in [0, 0.1) is 0 Å². The van der Waals surface area contributed by atoms with Crippen LogP contribution >= 0.6 is 0 Å². The molecule has 0 saturated carbocycles. The van der Waals surface area contributed by atoms with Crippen LogP contribution in [0.15, 0.2) is 48.8 Å². The van der Waals surface area contributed by atoms with Gasteiger partial charge in [0, 0.05) is 11.8 Å². The summed E-state index contributed by atoms with van der Waals surface area (Å²) in [7, 11) is 1.53. The lowest BCUT2D eigenvalue weighted by molar-refractivity contribution is -0.137. The number of ether oxygens (including phenoxy) is 1. The van der Waals surface area contributed by atoms with E-state index in [1.165, 1.54) is 13.3 Å². The van der Waals surface area contributed by atoms with E-state index in [9.17, 15) is 18.0 Å². The third-order valence-electron chi connectivity index (χ3n) is 3.57. The van der Waals surface area contributed by atoms with Crippen molar-refractivity contribution in [2.75, 3.05) is 7.11 Å². The average molecular weight is 362 g/mol. The number of methoxy groups -OCH3 is 1. The molecule has 0 unspecified atom stereocenters. The Hall–Kier alpha value is -3.23. The van der Waals surface area contributed by atoms with Gasteiger partial charge in [0.2, 0.25) is 0 Å². The molecular weight excluding hydrogens is 349 g/mol. The molecule has 0 aliphatic heterocycles. The van der Waals surface area contributed by atoms with E-state index in [4.69, 9.17) is 4.74 Å². The second-order valence-electron chi connectivity index (χ2n) is 5.36. The molecule has 0 aliphatic rings. The predicted molar refractivity (Wildman–Crippen MR) is 85.2 cm³/mol. The van der Waals surface area contributed by atoms with E-state index >= 15 is 0 Å². The van der Waals surface area contributed by atoms with Crippen molar-refractivity contribution in [1.29, 1.82) is 0 Å². The Labute approximate surface area is 146 Å². The quantitative estimate of drug-likeness (QED) is 0.652. The maximum atomic E-state index is 12.6. The first-order chi connectivity index (χ1) is 12.4. The molecule has 0 fully saturated rings. The Bertz CT molecular complexity index is 903. The molecule has 0 N–H and O–H groups in total. The molecule has 3 aromatic rings. The summed E-state index contributed by atoms with van der Waals surface area (Å²) in [6, 6.07) is 8.70. The van der Waals surface area contributed by atoms with Crippen LogP contribution < -0.4 is 4.74 Å². The van der Waals surface area contributed by atoms with Crippen molar-refractivity contribution in [3.05, 3.63) is 65.6 Å². The number of pyridine rings is 1. The van der Waals surface area contributed by atoms with Crippen LogP contribution in [0.5, 0.6) is 5.75 Å². The molecule has 6 nitrogen and oxygen atoms in total. The number of aromatic nitrogens is 4. The Kier molecular flexibility index (Phi) is 4.70. The standard InChI is InChI=1S/C17H13F3N4O2/c1-26-14-5-2-11(3-6-14)15(25)8-13-10-22-24(23-13)16-7-4-12(9-21-16)17(18,19)20/h2-7,9-10H,8H2,1H3. The smallest absolute Gasteiger partial charge is 0.417 e. The first-order valence-electron chi connectivity index (χ1n) is 7.49. The predicted octanol–water partition coefficient (Wildman–Crippen LogP) is 3.12. The summed E-state index contributed by atoms with van der Waals surface area (Å²) in [5, 5.41) is 8.03. The monoisotopic (exact) mass is 362 g/mol. The molecule has 0 spiro atoms. The van der Waals surface area contributed by atoms with Crippen molar-refractivity contribution in [3.63, 3.8) is 0 Å². The van der Waals surface area contributed by atoms with Gasteiger partial charge >= 0.3 is 6.18 Å².